The van der Waals surface area contributed by atoms with E-state index in [9.17, 15) is 0 Å². The van der Waals surface area contributed by atoms with E-state index in [1.54, 1.807) is 0 Å². The molecule has 0 radical (unpaired) electrons. The quantitative estimate of drug-likeness (QED) is 0.636. The Hall–Kier alpha value is 0.0696. The summed E-state index contributed by atoms with van der Waals surface area (Å²) in [5.74, 6) is 0. The van der Waals surface area contributed by atoms with Gasteiger partial charge in [0.05, 0.1) is 0 Å². The molecule has 0 unspecified atom stereocenters. The van der Waals surface area contributed by atoms with Gasteiger partial charge in [-0.1, -0.05) is 0 Å². The molecule has 0 aliphatic carbocycles. The molecule has 0 N–H and O–H groups in total. The van der Waals surface area contributed by atoms with Crippen LogP contribution in [0.5, 0.6) is 0 Å². The van der Waals surface area contributed by atoms with Crippen LogP contribution in [-0.2, 0) is 0 Å². The van der Waals surface area contributed by atoms with E-state index in [4.69, 9.17) is 0 Å². The first-order valence-corrected chi connectivity index (χ1v) is 5.02. The van der Waals surface area contributed by atoms with Gasteiger partial charge in [-0.25, -0.2) is 0 Å². The Morgan fingerprint density at radius 1 is 1.50 bits per heavy atom. The van der Waals surface area contributed by atoms with Crippen LogP contribution in [0, 0.1) is 0 Å². The monoisotopic (exact) mass is 225 g/mol. The van der Waals surface area contributed by atoms with Crippen LogP contribution in [0.25, 0.3) is 0 Å². The summed E-state index contributed by atoms with van der Waals surface area (Å²) in [6, 6.07) is 4.35. The summed E-state index contributed by atoms with van der Waals surface area (Å²) < 4.78 is 3.82. The maximum atomic E-state index is 2.29. The van der Waals surface area contributed by atoms with Gasteiger partial charge in [-0.05, 0) is 0 Å². The predicted molar refractivity (Wildman–Crippen MR) is 37.7 cm³/mol. The zero-order chi connectivity index (χ0) is 5.98. The van der Waals surface area contributed by atoms with Gasteiger partial charge in [0.1, 0.15) is 0 Å². The minimum atomic E-state index is 0.0858. The summed E-state index contributed by atoms with van der Waals surface area (Å²) in [6.07, 6.45) is 0. The Morgan fingerprint density at radius 2 is 2.25 bits per heavy atom. The van der Waals surface area contributed by atoms with Crippen LogP contribution in [-0.4, -0.2) is 34.5 Å². The average Bonchev–Trinajstić information content (AvgIpc) is 2.12. The van der Waals surface area contributed by atoms with Crippen molar-refractivity contribution in [2.24, 2.45) is 0 Å². The average molecular weight is 223 g/mol. The molecule has 0 aliphatic heterocycles. The van der Waals surface area contributed by atoms with E-state index >= 15 is 0 Å². The van der Waals surface area contributed by atoms with Crippen LogP contribution >= 0.6 is 0 Å². The normalized spacial score (nSPS) is 9.25. The second-order valence-electron chi connectivity index (χ2n) is 1.85. The van der Waals surface area contributed by atoms with Gasteiger partial charge in [-0.15, -0.1) is 0 Å². The molecule has 0 aliphatic rings. The Kier molecular flexibility index (Phi) is 1.99. The van der Waals surface area contributed by atoms with Gasteiger partial charge in [-0.3, -0.25) is 0 Å². The topological polar surface area (TPSA) is 3.24 Å². The SMILES string of the molecule is CN(C)c1ccc[te]1. The number of anilines is 1. The van der Waals surface area contributed by atoms with Crippen LogP contribution < -0.4 is 4.90 Å². The molecule has 0 bridgehead atoms. The zero-order valence-electron chi connectivity index (χ0n) is 5.09. The van der Waals surface area contributed by atoms with E-state index in [1.807, 2.05) is 0 Å². The summed E-state index contributed by atoms with van der Waals surface area (Å²) in [5, 5.41) is 0. The van der Waals surface area contributed by atoms with E-state index in [0.717, 1.165) is 0 Å². The summed E-state index contributed by atoms with van der Waals surface area (Å²) in [4.78, 5) is 2.20. The molecule has 1 heterocycles. The first-order valence-electron chi connectivity index (χ1n) is 2.51. The fourth-order valence-corrected chi connectivity index (χ4v) is 2.42. The molecular weight excluding hydrogens is 214 g/mol. The van der Waals surface area contributed by atoms with Crippen molar-refractivity contribution in [2.45, 2.75) is 0 Å². The fourth-order valence-electron chi connectivity index (χ4n) is 0.524. The Morgan fingerprint density at radius 3 is 2.50 bits per heavy atom. The molecule has 8 heavy (non-hydrogen) atoms. The van der Waals surface area contributed by atoms with Crippen molar-refractivity contribution in [3.8, 4) is 0 Å². The molecule has 2 heteroatoms. The summed E-state index contributed by atoms with van der Waals surface area (Å²) in [5.41, 5.74) is 0. The Bertz CT molecular complexity index is 144. The van der Waals surface area contributed by atoms with Crippen LogP contribution in [0.2, 0.25) is 0 Å². The summed E-state index contributed by atoms with van der Waals surface area (Å²) >= 11 is 0.0858. The van der Waals surface area contributed by atoms with Gasteiger partial charge in [-0.2, -0.15) is 0 Å². The van der Waals surface area contributed by atoms with Crippen molar-refractivity contribution in [1.82, 2.24) is 0 Å². The van der Waals surface area contributed by atoms with E-state index in [2.05, 4.69) is 35.2 Å². The van der Waals surface area contributed by atoms with Gasteiger partial charge < -0.3 is 0 Å². The fraction of sp³-hybridized carbons (Fsp3) is 0.333. The molecule has 0 saturated carbocycles. The third-order valence-electron chi connectivity index (χ3n) is 0.947. The second-order valence-corrected chi connectivity index (χ2v) is 4.49. The predicted octanol–water partition coefficient (Wildman–Crippen LogP) is 0.810. The van der Waals surface area contributed by atoms with Crippen LogP contribution in [0.15, 0.2) is 16.2 Å². The Balaban J connectivity index is 2.77. The Labute approximate surface area is 59.5 Å². The van der Waals surface area contributed by atoms with Crippen molar-refractivity contribution in [3.63, 3.8) is 0 Å². The molecule has 1 nitrogen and oxygen atoms in total. The van der Waals surface area contributed by atoms with Gasteiger partial charge in [0, 0.05) is 0 Å². The van der Waals surface area contributed by atoms with E-state index < -0.39 is 0 Å². The number of hydrogen-bond acceptors (Lipinski definition) is 1. The molecule has 0 spiro atoms. The molecule has 1 rings (SSSR count). The summed E-state index contributed by atoms with van der Waals surface area (Å²) in [6.45, 7) is 0. The molecule has 0 atom stereocenters. The zero-order valence-corrected chi connectivity index (χ0v) is 7.42. The third kappa shape index (κ3) is 1.27. The van der Waals surface area contributed by atoms with Crippen molar-refractivity contribution in [1.29, 1.82) is 0 Å². The van der Waals surface area contributed by atoms with Crippen molar-refractivity contribution in [2.75, 3.05) is 19.0 Å². The standard InChI is InChI=1S/C6H9NTe/c1-7(2)6-4-3-5-8-6/h3-5H,1-2H3. The van der Waals surface area contributed by atoms with Gasteiger partial charge in [0.25, 0.3) is 0 Å². The van der Waals surface area contributed by atoms with Gasteiger partial charge in [0.15, 0.2) is 0 Å². The van der Waals surface area contributed by atoms with Crippen molar-refractivity contribution in [3.05, 3.63) is 16.2 Å². The van der Waals surface area contributed by atoms with Crippen LogP contribution in [0.4, 0.5) is 3.70 Å². The molecule has 0 aromatic carbocycles. The van der Waals surface area contributed by atoms with E-state index in [1.165, 1.54) is 3.70 Å². The molecule has 0 saturated heterocycles. The second kappa shape index (κ2) is 2.57. The molecule has 0 fully saturated rings. The van der Waals surface area contributed by atoms with E-state index in [-0.39, 0.29) is 20.4 Å². The first kappa shape index (κ1) is 6.19. The van der Waals surface area contributed by atoms with Crippen molar-refractivity contribution < 1.29 is 0 Å². The molecule has 0 amide bonds. The van der Waals surface area contributed by atoms with Crippen LogP contribution in [0.3, 0.4) is 0 Å². The van der Waals surface area contributed by atoms with Crippen molar-refractivity contribution >= 4 is 24.1 Å². The molecular formula is C6H9NTe. The minimum absolute atomic E-state index is 0.0858. The molecule has 44 valence electrons. The van der Waals surface area contributed by atoms with Crippen LogP contribution in [0.1, 0.15) is 0 Å². The number of nitrogens with zero attached hydrogens (tertiary/aromatic N) is 1. The van der Waals surface area contributed by atoms with Gasteiger partial charge >= 0.3 is 59.3 Å². The number of hydrogen-bond donors (Lipinski definition) is 0. The molecule has 1 aromatic rings. The number of rotatable bonds is 1. The first-order chi connectivity index (χ1) is 3.80. The maximum absolute atomic E-state index is 2.29. The summed E-state index contributed by atoms with van der Waals surface area (Å²) in [7, 11) is 4.20. The molecule has 1 aromatic heterocycles. The van der Waals surface area contributed by atoms with E-state index in [0.29, 0.717) is 0 Å². The third-order valence-corrected chi connectivity index (χ3v) is 3.90. The van der Waals surface area contributed by atoms with Gasteiger partial charge in [0.2, 0.25) is 0 Å².